The minimum Gasteiger partial charge on any atom is -0.471 e. The third-order valence-electron chi connectivity index (χ3n) is 1.40. The van der Waals surface area contributed by atoms with Crippen LogP contribution in [-0.2, 0) is 9.05 Å². The van der Waals surface area contributed by atoms with Crippen molar-refractivity contribution in [2.24, 2.45) is 0 Å². The standard InChI is InChI=1S/C9H12ClNO3S/c1-9(2,3)14-8-7(15(10,12)13)5-4-6-11-8/h4-6H,1-3H3. The Morgan fingerprint density at radius 2 is 2.00 bits per heavy atom. The van der Waals surface area contributed by atoms with E-state index in [4.69, 9.17) is 15.4 Å². The molecule has 84 valence electrons. The normalized spacial score (nSPS) is 12.5. The number of halogens is 1. The van der Waals surface area contributed by atoms with Crippen LogP contribution >= 0.6 is 10.7 Å². The van der Waals surface area contributed by atoms with Crippen molar-refractivity contribution in [1.29, 1.82) is 0 Å². The van der Waals surface area contributed by atoms with Gasteiger partial charge in [-0.2, -0.15) is 0 Å². The average molecular weight is 250 g/mol. The van der Waals surface area contributed by atoms with Gasteiger partial charge in [0.25, 0.3) is 9.05 Å². The van der Waals surface area contributed by atoms with Crippen LogP contribution in [0, 0.1) is 0 Å². The molecule has 1 heterocycles. The van der Waals surface area contributed by atoms with Gasteiger partial charge < -0.3 is 4.74 Å². The Morgan fingerprint density at radius 3 is 2.47 bits per heavy atom. The molecule has 0 aliphatic heterocycles. The van der Waals surface area contributed by atoms with Gasteiger partial charge in [-0.3, -0.25) is 0 Å². The summed E-state index contributed by atoms with van der Waals surface area (Å²) in [5.41, 5.74) is -0.523. The number of ether oxygens (including phenoxy) is 1. The number of aromatic nitrogens is 1. The van der Waals surface area contributed by atoms with Crippen LogP contribution in [-0.4, -0.2) is 19.0 Å². The highest BCUT2D eigenvalue weighted by atomic mass is 35.7. The maximum absolute atomic E-state index is 11.2. The van der Waals surface area contributed by atoms with E-state index in [0.29, 0.717) is 0 Å². The van der Waals surface area contributed by atoms with Gasteiger partial charge >= 0.3 is 0 Å². The van der Waals surface area contributed by atoms with Crippen LogP contribution in [0.25, 0.3) is 0 Å². The van der Waals surface area contributed by atoms with Crippen LogP contribution in [0.1, 0.15) is 20.8 Å². The molecule has 15 heavy (non-hydrogen) atoms. The molecule has 1 aromatic heterocycles. The number of nitrogens with zero attached hydrogens (tertiary/aromatic N) is 1. The van der Waals surface area contributed by atoms with E-state index in [1.165, 1.54) is 18.3 Å². The summed E-state index contributed by atoms with van der Waals surface area (Å²) in [5.74, 6) is 0.0278. The number of hydrogen-bond donors (Lipinski definition) is 0. The highest BCUT2D eigenvalue weighted by molar-refractivity contribution is 8.13. The van der Waals surface area contributed by atoms with Gasteiger partial charge in [0.1, 0.15) is 10.5 Å². The van der Waals surface area contributed by atoms with Gasteiger partial charge in [-0.25, -0.2) is 13.4 Å². The fourth-order valence-corrected chi connectivity index (χ4v) is 1.82. The summed E-state index contributed by atoms with van der Waals surface area (Å²) in [7, 11) is 1.42. The minimum atomic E-state index is -3.82. The lowest BCUT2D eigenvalue weighted by atomic mass is 10.2. The summed E-state index contributed by atoms with van der Waals surface area (Å²) >= 11 is 0. The van der Waals surface area contributed by atoms with E-state index in [1.54, 1.807) is 20.8 Å². The third-order valence-corrected chi connectivity index (χ3v) is 2.74. The molecule has 0 N–H and O–H groups in total. The van der Waals surface area contributed by atoms with Gasteiger partial charge in [-0.05, 0) is 32.9 Å². The first-order valence-corrected chi connectivity index (χ1v) is 6.60. The SMILES string of the molecule is CC(C)(C)Oc1ncccc1S(=O)(=O)Cl. The second kappa shape index (κ2) is 3.98. The first kappa shape index (κ1) is 12.3. The fraction of sp³-hybridized carbons (Fsp3) is 0.444. The Bertz CT molecular complexity index is 451. The fourth-order valence-electron chi connectivity index (χ4n) is 0.928. The molecular formula is C9H12ClNO3S. The van der Waals surface area contributed by atoms with E-state index in [1.807, 2.05) is 0 Å². The largest absolute Gasteiger partial charge is 0.471 e. The first-order chi connectivity index (χ1) is 6.70. The molecule has 1 rings (SSSR count). The molecule has 0 aliphatic carbocycles. The van der Waals surface area contributed by atoms with Crippen LogP contribution in [0.5, 0.6) is 5.88 Å². The summed E-state index contributed by atoms with van der Waals surface area (Å²) in [6, 6.07) is 2.85. The van der Waals surface area contributed by atoms with Crippen molar-refractivity contribution in [2.75, 3.05) is 0 Å². The smallest absolute Gasteiger partial charge is 0.266 e. The molecule has 0 saturated heterocycles. The summed E-state index contributed by atoms with van der Waals surface area (Å²) in [4.78, 5) is 3.74. The maximum Gasteiger partial charge on any atom is 0.266 e. The number of rotatable bonds is 2. The third kappa shape index (κ3) is 3.68. The van der Waals surface area contributed by atoms with Crippen LogP contribution in [0.2, 0.25) is 0 Å². The lowest BCUT2D eigenvalue weighted by molar-refractivity contribution is 0.119. The molecule has 6 heteroatoms. The van der Waals surface area contributed by atoms with Gasteiger partial charge in [-0.1, -0.05) is 0 Å². The Balaban J connectivity index is 3.20. The summed E-state index contributed by atoms with van der Waals surface area (Å²) < 4.78 is 27.8. The molecule has 0 bridgehead atoms. The van der Waals surface area contributed by atoms with Gasteiger partial charge in [-0.15, -0.1) is 0 Å². The van der Waals surface area contributed by atoms with Gasteiger partial charge in [0, 0.05) is 16.9 Å². The van der Waals surface area contributed by atoms with Crippen molar-refractivity contribution < 1.29 is 13.2 Å². The number of hydrogen-bond acceptors (Lipinski definition) is 4. The van der Waals surface area contributed by atoms with E-state index in [0.717, 1.165) is 0 Å². The zero-order valence-corrected chi connectivity index (χ0v) is 10.3. The predicted molar refractivity (Wildman–Crippen MR) is 57.7 cm³/mol. The topological polar surface area (TPSA) is 56.3 Å². The van der Waals surface area contributed by atoms with E-state index in [-0.39, 0.29) is 10.8 Å². The van der Waals surface area contributed by atoms with Gasteiger partial charge in [0.05, 0.1) is 0 Å². The van der Waals surface area contributed by atoms with Crippen LogP contribution in [0.3, 0.4) is 0 Å². The van der Waals surface area contributed by atoms with Crippen molar-refractivity contribution in [3.8, 4) is 5.88 Å². The maximum atomic E-state index is 11.2. The molecule has 4 nitrogen and oxygen atoms in total. The van der Waals surface area contributed by atoms with Crippen molar-refractivity contribution in [3.05, 3.63) is 18.3 Å². The molecule has 0 atom stereocenters. The summed E-state index contributed by atoms with van der Waals surface area (Å²) in [6.45, 7) is 5.39. The molecule has 0 spiro atoms. The van der Waals surface area contributed by atoms with Gasteiger partial charge in [0.15, 0.2) is 0 Å². The van der Waals surface area contributed by atoms with Crippen LogP contribution in [0.4, 0.5) is 0 Å². The van der Waals surface area contributed by atoms with Crippen molar-refractivity contribution in [2.45, 2.75) is 31.3 Å². The summed E-state index contributed by atoms with van der Waals surface area (Å²) in [5, 5.41) is 0. The molecule has 0 radical (unpaired) electrons. The zero-order valence-electron chi connectivity index (χ0n) is 8.69. The quantitative estimate of drug-likeness (QED) is 0.754. The molecule has 0 unspecified atom stereocenters. The Morgan fingerprint density at radius 1 is 1.40 bits per heavy atom. The predicted octanol–water partition coefficient (Wildman–Crippen LogP) is 2.19. The molecule has 0 amide bonds. The lowest BCUT2D eigenvalue weighted by Gasteiger charge is -2.21. The van der Waals surface area contributed by atoms with Gasteiger partial charge in [0.2, 0.25) is 5.88 Å². The van der Waals surface area contributed by atoms with E-state index in [9.17, 15) is 8.42 Å². The lowest BCUT2D eigenvalue weighted by Crippen LogP contribution is -2.24. The Hall–Kier alpha value is -0.810. The van der Waals surface area contributed by atoms with E-state index < -0.39 is 14.7 Å². The van der Waals surface area contributed by atoms with Crippen LogP contribution in [0.15, 0.2) is 23.2 Å². The molecule has 0 fully saturated rings. The highest BCUT2D eigenvalue weighted by Crippen LogP contribution is 2.26. The highest BCUT2D eigenvalue weighted by Gasteiger charge is 2.21. The van der Waals surface area contributed by atoms with Crippen molar-refractivity contribution >= 4 is 19.7 Å². The molecule has 0 aromatic carbocycles. The molecule has 0 saturated carbocycles. The second-order valence-corrected chi connectivity index (χ2v) is 6.49. The van der Waals surface area contributed by atoms with E-state index in [2.05, 4.69) is 4.98 Å². The second-order valence-electron chi connectivity index (χ2n) is 3.96. The van der Waals surface area contributed by atoms with Crippen molar-refractivity contribution in [3.63, 3.8) is 0 Å². The molecule has 1 aromatic rings. The Kier molecular flexibility index (Phi) is 3.25. The number of pyridine rings is 1. The molecule has 0 aliphatic rings. The molecular weight excluding hydrogens is 238 g/mol. The zero-order chi connectivity index (χ0) is 11.7. The monoisotopic (exact) mass is 249 g/mol. The van der Waals surface area contributed by atoms with E-state index >= 15 is 0 Å². The average Bonchev–Trinajstić information content (AvgIpc) is 1.99. The van der Waals surface area contributed by atoms with Crippen molar-refractivity contribution in [1.82, 2.24) is 4.98 Å². The first-order valence-electron chi connectivity index (χ1n) is 4.29. The minimum absolute atomic E-state index is 0.0278. The van der Waals surface area contributed by atoms with Crippen LogP contribution < -0.4 is 4.74 Å². The summed E-state index contributed by atoms with van der Waals surface area (Å²) in [6.07, 6.45) is 1.45. The Labute approximate surface area is 93.7 Å².